The van der Waals surface area contributed by atoms with E-state index in [1.807, 2.05) is 0 Å². The predicted octanol–water partition coefficient (Wildman–Crippen LogP) is 2.39. The minimum atomic E-state index is -3.79. The zero-order valence-corrected chi connectivity index (χ0v) is 20.8. The molecule has 0 aliphatic rings. The number of nitrogens with one attached hydrogen (secondary N) is 1. The smallest absolute Gasteiger partial charge is 0.299 e. The zero-order valence-electron chi connectivity index (χ0n) is 20.0. The van der Waals surface area contributed by atoms with E-state index in [1.165, 1.54) is 24.3 Å². The highest BCUT2D eigenvalue weighted by Crippen LogP contribution is 2.28. The molecule has 1 N–H and O–H groups in total. The van der Waals surface area contributed by atoms with E-state index < -0.39 is 20.0 Å². The van der Waals surface area contributed by atoms with Gasteiger partial charge in [-0.1, -0.05) is 18.2 Å². The van der Waals surface area contributed by atoms with Crippen molar-refractivity contribution >= 4 is 27.2 Å². The van der Waals surface area contributed by atoms with E-state index >= 15 is 0 Å². The van der Waals surface area contributed by atoms with Crippen molar-refractivity contribution in [3.8, 4) is 0 Å². The van der Waals surface area contributed by atoms with Gasteiger partial charge in [0.25, 0.3) is 21.5 Å². The van der Waals surface area contributed by atoms with Crippen LogP contribution in [0.5, 0.6) is 0 Å². The van der Waals surface area contributed by atoms with Gasteiger partial charge in [-0.25, -0.2) is 0 Å². The van der Waals surface area contributed by atoms with E-state index in [2.05, 4.69) is 5.32 Å². The van der Waals surface area contributed by atoms with E-state index in [4.69, 9.17) is 23.1 Å². The van der Waals surface area contributed by atoms with Crippen molar-refractivity contribution in [1.82, 2.24) is 0 Å². The Morgan fingerprint density at radius 2 is 1.24 bits per heavy atom. The molecule has 0 aromatic heterocycles. The summed E-state index contributed by atoms with van der Waals surface area (Å²) in [6, 6.07) is 11.2. The van der Waals surface area contributed by atoms with Gasteiger partial charge in [-0.2, -0.15) is 8.42 Å². The Bertz CT molecular complexity index is 1080. The molecule has 204 valence electrons. The van der Waals surface area contributed by atoms with Crippen LogP contribution in [0.15, 0.2) is 53.4 Å². The maximum atomic E-state index is 11.9. The van der Waals surface area contributed by atoms with Gasteiger partial charge in [0, 0.05) is 12.6 Å². The second-order valence-corrected chi connectivity index (χ2v) is 8.80. The number of hydrogen-bond donors (Lipinski definition) is 1. The Balaban J connectivity index is 1.41. The van der Waals surface area contributed by atoms with E-state index in [0.717, 1.165) is 6.07 Å². The maximum absolute atomic E-state index is 11.9. The van der Waals surface area contributed by atoms with Gasteiger partial charge in [0.2, 0.25) is 0 Å². The molecule has 2 aromatic carbocycles. The number of nitro benzene ring substituents is 2. The average Bonchev–Trinajstić information content (AvgIpc) is 2.88. The molecule has 0 fully saturated rings. The molecule has 2 rings (SSSR count). The molecule has 0 spiro atoms. The van der Waals surface area contributed by atoms with Gasteiger partial charge in [0.1, 0.15) is 5.69 Å². The van der Waals surface area contributed by atoms with Crippen LogP contribution in [0.3, 0.4) is 0 Å². The molecule has 0 saturated heterocycles. The van der Waals surface area contributed by atoms with E-state index in [1.54, 1.807) is 18.2 Å². The van der Waals surface area contributed by atoms with Crippen LogP contribution in [0.4, 0.5) is 17.1 Å². The summed E-state index contributed by atoms with van der Waals surface area (Å²) in [5.41, 5.74) is -0.572. The minimum absolute atomic E-state index is 0.0916. The van der Waals surface area contributed by atoms with E-state index in [9.17, 15) is 28.6 Å². The standard InChI is InChI=1S/C22H29N3O11S/c26-24(27)19-6-7-21(22(18-19)25(28)29)23-8-9-32-10-11-33-12-13-34-14-15-35-16-17-36-37(30,31)20-4-2-1-3-5-20/h1-7,18,23H,8-17H2. The molecule has 0 heterocycles. The first-order valence-electron chi connectivity index (χ1n) is 11.2. The largest absolute Gasteiger partial charge is 0.377 e. The number of anilines is 1. The summed E-state index contributed by atoms with van der Waals surface area (Å²) >= 11 is 0. The summed E-state index contributed by atoms with van der Waals surface area (Å²) in [6.07, 6.45) is 0. The number of nitro groups is 2. The van der Waals surface area contributed by atoms with Gasteiger partial charge < -0.3 is 24.3 Å². The lowest BCUT2D eigenvalue weighted by Crippen LogP contribution is -2.15. The summed E-state index contributed by atoms with van der Waals surface area (Å²) in [6.45, 7) is 2.43. The maximum Gasteiger partial charge on any atom is 0.299 e. The molecule has 0 aliphatic carbocycles. The number of ether oxygens (including phenoxy) is 4. The fourth-order valence-electron chi connectivity index (χ4n) is 2.81. The Labute approximate surface area is 213 Å². The number of non-ortho nitro benzene ring substituents is 1. The third-order valence-corrected chi connectivity index (χ3v) is 5.89. The fraction of sp³-hybridized carbons (Fsp3) is 0.455. The molecule has 15 heteroatoms. The quantitative estimate of drug-likeness (QED) is 0.112. The molecule has 2 aromatic rings. The van der Waals surface area contributed by atoms with Gasteiger partial charge in [-0.15, -0.1) is 0 Å². The number of nitrogens with zero attached hydrogens (tertiary/aromatic N) is 2. The average molecular weight is 544 g/mol. The van der Waals surface area contributed by atoms with Gasteiger partial charge in [0.15, 0.2) is 0 Å². The van der Waals surface area contributed by atoms with Crippen LogP contribution in [-0.2, 0) is 33.2 Å². The first-order valence-corrected chi connectivity index (χ1v) is 12.6. The summed E-state index contributed by atoms with van der Waals surface area (Å²) in [5.74, 6) is 0. The highest BCUT2D eigenvalue weighted by atomic mass is 32.2. The van der Waals surface area contributed by atoms with Crippen molar-refractivity contribution in [3.63, 3.8) is 0 Å². The zero-order chi connectivity index (χ0) is 26.9. The molecule has 0 unspecified atom stereocenters. The van der Waals surface area contributed by atoms with Crippen LogP contribution in [-0.4, -0.2) is 84.3 Å². The lowest BCUT2D eigenvalue weighted by Gasteiger charge is -2.09. The third kappa shape index (κ3) is 11.6. The van der Waals surface area contributed by atoms with E-state index in [-0.39, 0.29) is 54.9 Å². The van der Waals surface area contributed by atoms with Crippen molar-refractivity contribution in [1.29, 1.82) is 0 Å². The molecular weight excluding hydrogens is 514 g/mol. The van der Waals surface area contributed by atoms with Crippen molar-refractivity contribution < 1.29 is 41.4 Å². The summed E-state index contributed by atoms with van der Waals surface area (Å²) in [5, 5.41) is 24.7. The normalized spacial score (nSPS) is 11.4. The highest BCUT2D eigenvalue weighted by Gasteiger charge is 2.19. The van der Waals surface area contributed by atoms with Gasteiger partial charge in [-0.05, 0) is 18.2 Å². The highest BCUT2D eigenvalue weighted by molar-refractivity contribution is 7.86. The van der Waals surface area contributed by atoms with Crippen LogP contribution in [0.1, 0.15) is 0 Å². The van der Waals surface area contributed by atoms with Crippen LogP contribution < -0.4 is 5.32 Å². The van der Waals surface area contributed by atoms with Crippen molar-refractivity contribution in [2.75, 3.05) is 71.3 Å². The predicted molar refractivity (Wildman–Crippen MR) is 131 cm³/mol. The van der Waals surface area contributed by atoms with Crippen molar-refractivity contribution in [2.24, 2.45) is 0 Å². The van der Waals surface area contributed by atoms with Crippen LogP contribution in [0, 0.1) is 20.2 Å². The Morgan fingerprint density at radius 1 is 0.703 bits per heavy atom. The Hall–Kier alpha value is -3.21. The molecule has 14 nitrogen and oxygen atoms in total. The Kier molecular flexibility index (Phi) is 13.4. The number of rotatable bonds is 20. The van der Waals surface area contributed by atoms with E-state index in [0.29, 0.717) is 33.0 Å². The Morgan fingerprint density at radius 3 is 1.78 bits per heavy atom. The lowest BCUT2D eigenvalue weighted by molar-refractivity contribution is -0.393. The topological polar surface area (TPSA) is 179 Å². The number of benzene rings is 2. The summed E-state index contributed by atoms with van der Waals surface area (Å²) < 4.78 is 50.1. The summed E-state index contributed by atoms with van der Waals surface area (Å²) in [4.78, 5) is 20.6. The monoisotopic (exact) mass is 543 g/mol. The first kappa shape index (κ1) is 30.0. The molecule has 37 heavy (non-hydrogen) atoms. The molecule has 0 saturated carbocycles. The molecule has 0 radical (unpaired) electrons. The third-order valence-electron chi connectivity index (χ3n) is 4.56. The lowest BCUT2D eigenvalue weighted by atomic mass is 10.2. The second kappa shape index (κ2) is 16.5. The summed E-state index contributed by atoms with van der Waals surface area (Å²) in [7, 11) is -3.79. The second-order valence-electron chi connectivity index (χ2n) is 7.18. The van der Waals surface area contributed by atoms with Crippen molar-refractivity contribution in [3.05, 3.63) is 68.8 Å². The van der Waals surface area contributed by atoms with Crippen LogP contribution >= 0.6 is 0 Å². The molecule has 0 aliphatic heterocycles. The van der Waals surface area contributed by atoms with Gasteiger partial charge >= 0.3 is 0 Å². The van der Waals surface area contributed by atoms with Crippen molar-refractivity contribution in [2.45, 2.75) is 4.90 Å². The van der Waals surface area contributed by atoms with Gasteiger partial charge in [0.05, 0.1) is 80.3 Å². The van der Waals surface area contributed by atoms with Crippen LogP contribution in [0.25, 0.3) is 0 Å². The molecule has 0 bridgehead atoms. The molecular formula is C22H29N3O11S. The fourth-order valence-corrected chi connectivity index (χ4v) is 3.73. The van der Waals surface area contributed by atoms with Crippen LogP contribution in [0.2, 0.25) is 0 Å². The number of hydrogen-bond acceptors (Lipinski definition) is 12. The molecule has 0 atom stereocenters. The SMILES string of the molecule is O=[N+]([O-])c1ccc(NCCOCCOCCOCCOCCOS(=O)(=O)c2ccccc2)c([N+](=O)[O-])c1. The van der Waals surface area contributed by atoms with Gasteiger partial charge in [-0.3, -0.25) is 24.4 Å². The molecule has 0 amide bonds. The first-order chi connectivity index (χ1) is 17.8. The minimum Gasteiger partial charge on any atom is -0.377 e.